The number of hydrogen-bond acceptors (Lipinski definition) is 5. The molecule has 1 aromatic rings. The number of nitrogens with zero attached hydrogens (tertiary/aromatic N) is 1. The Labute approximate surface area is 170 Å². The zero-order valence-corrected chi connectivity index (χ0v) is 17.3. The zero-order chi connectivity index (χ0) is 21.2. The van der Waals surface area contributed by atoms with Crippen molar-refractivity contribution in [3.63, 3.8) is 0 Å². The molecule has 1 aromatic carbocycles. The van der Waals surface area contributed by atoms with Crippen LogP contribution in [0.1, 0.15) is 44.2 Å². The van der Waals surface area contributed by atoms with Crippen LogP contribution in [0.5, 0.6) is 0 Å². The summed E-state index contributed by atoms with van der Waals surface area (Å²) in [5.74, 6) is -0.681. The summed E-state index contributed by atoms with van der Waals surface area (Å²) >= 11 is 0. The summed E-state index contributed by atoms with van der Waals surface area (Å²) in [5.41, 5.74) is 0.302. The highest BCUT2D eigenvalue weighted by Gasteiger charge is 2.43. The van der Waals surface area contributed by atoms with Gasteiger partial charge in [0.15, 0.2) is 0 Å². The molecule has 29 heavy (non-hydrogen) atoms. The van der Waals surface area contributed by atoms with Crippen molar-refractivity contribution < 1.29 is 22.8 Å². The molecule has 2 heterocycles. The predicted octanol–water partition coefficient (Wildman–Crippen LogP) is 0.562. The van der Waals surface area contributed by atoms with Crippen LogP contribution >= 0.6 is 0 Å². The van der Waals surface area contributed by atoms with Crippen LogP contribution in [0.4, 0.5) is 4.79 Å². The molecule has 2 saturated heterocycles. The Kier molecular flexibility index (Phi) is 5.95. The molecule has 0 unspecified atom stereocenters. The molecular formula is C19H26N4O5S. The molecule has 0 aliphatic carbocycles. The first-order valence-corrected chi connectivity index (χ1v) is 11.3. The van der Waals surface area contributed by atoms with Crippen LogP contribution in [0.2, 0.25) is 0 Å². The smallest absolute Gasteiger partial charge is 0.322 e. The molecule has 0 spiro atoms. The number of sulfonamides is 1. The van der Waals surface area contributed by atoms with Crippen LogP contribution in [0.3, 0.4) is 0 Å². The molecule has 158 valence electrons. The van der Waals surface area contributed by atoms with E-state index in [0.717, 1.165) is 5.56 Å². The lowest BCUT2D eigenvalue weighted by atomic mass is 9.91. The normalized spacial score (nSPS) is 25.0. The Morgan fingerprint density at radius 2 is 1.97 bits per heavy atom. The quantitative estimate of drug-likeness (QED) is 0.554. The van der Waals surface area contributed by atoms with Gasteiger partial charge in [-0.1, -0.05) is 31.2 Å². The highest BCUT2D eigenvalue weighted by molar-refractivity contribution is 7.89. The van der Waals surface area contributed by atoms with Gasteiger partial charge in [-0.3, -0.25) is 14.9 Å². The second-order valence-electron chi connectivity index (χ2n) is 7.53. The van der Waals surface area contributed by atoms with E-state index in [9.17, 15) is 22.8 Å². The lowest BCUT2D eigenvalue weighted by Gasteiger charge is -2.23. The Hall–Kier alpha value is -2.46. The molecule has 2 aliphatic heterocycles. The fourth-order valence-electron chi connectivity index (χ4n) is 3.72. The number of nitrogens with one attached hydrogen (secondary N) is 3. The topological polar surface area (TPSA) is 125 Å². The highest BCUT2D eigenvalue weighted by Crippen LogP contribution is 2.25. The summed E-state index contributed by atoms with van der Waals surface area (Å²) in [7, 11) is -3.42. The van der Waals surface area contributed by atoms with E-state index in [-0.39, 0.29) is 18.2 Å². The first-order valence-electron chi connectivity index (χ1n) is 9.67. The van der Waals surface area contributed by atoms with Crippen LogP contribution in [-0.4, -0.2) is 48.9 Å². The molecule has 2 aliphatic rings. The van der Waals surface area contributed by atoms with Crippen molar-refractivity contribution in [2.24, 2.45) is 0 Å². The summed E-state index contributed by atoms with van der Waals surface area (Å²) in [6.07, 6.45) is 1.69. The van der Waals surface area contributed by atoms with Gasteiger partial charge >= 0.3 is 6.03 Å². The largest absolute Gasteiger partial charge is 0.351 e. The SMILES string of the molecule is CCCS(=O)(=O)N1CCC[C@@H]1C(=O)NCc1ccc([C@@]2(C)NC(=O)NC2=O)cc1. The number of carbonyl (C=O) groups excluding carboxylic acids is 3. The van der Waals surface area contributed by atoms with Crippen molar-refractivity contribution in [3.8, 4) is 0 Å². The van der Waals surface area contributed by atoms with Crippen molar-refractivity contribution in [3.05, 3.63) is 35.4 Å². The second kappa shape index (κ2) is 8.11. The van der Waals surface area contributed by atoms with Crippen LogP contribution in [-0.2, 0) is 31.7 Å². The van der Waals surface area contributed by atoms with Gasteiger partial charge in [-0.2, -0.15) is 4.31 Å². The minimum Gasteiger partial charge on any atom is -0.351 e. The molecule has 9 nitrogen and oxygen atoms in total. The van der Waals surface area contributed by atoms with E-state index in [1.165, 1.54) is 4.31 Å². The van der Waals surface area contributed by atoms with Crippen LogP contribution in [0.25, 0.3) is 0 Å². The Morgan fingerprint density at radius 1 is 1.28 bits per heavy atom. The average molecular weight is 423 g/mol. The molecule has 4 amide bonds. The van der Waals surface area contributed by atoms with Gasteiger partial charge in [0.05, 0.1) is 5.75 Å². The van der Waals surface area contributed by atoms with Gasteiger partial charge in [-0.15, -0.1) is 0 Å². The number of carbonyl (C=O) groups is 3. The highest BCUT2D eigenvalue weighted by atomic mass is 32.2. The van der Waals surface area contributed by atoms with Gasteiger partial charge in [-0.05, 0) is 37.3 Å². The number of rotatable bonds is 7. The van der Waals surface area contributed by atoms with E-state index < -0.39 is 33.5 Å². The molecule has 0 saturated carbocycles. The van der Waals surface area contributed by atoms with Gasteiger partial charge in [-0.25, -0.2) is 13.2 Å². The summed E-state index contributed by atoms with van der Waals surface area (Å²) in [4.78, 5) is 36.0. The van der Waals surface area contributed by atoms with Crippen LogP contribution in [0.15, 0.2) is 24.3 Å². The van der Waals surface area contributed by atoms with Gasteiger partial charge in [0.25, 0.3) is 5.91 Å². The minimum absolute atomic E-state index is 0.0428. The van der Waals surface area contributed by atoms with Gasteiger partial charge in [0.1, 0.15) is 11.6 Å². The third-order valence-corrected chi connectivity index (χ3v) is 7.44. The van der Waals surface area contributed by atoms with E-state index in [0.29, 0.717) is 31.4 Å². The first kappa shape index (κ1) is 21.3. The summed E-state index contributed by atoms with van der Waals surface area (Å²) in [6.45, 7) is 4.04. The van der Waals surface area contributed by atoms with E-state index >= 15 is 0 Å². The molecule has 0 radical (unpaired) electrons. The fourth-order valence-corrected chi connectivity index (χ4v) is 5.47. The van der Waals surface area contributed by atoms with E-state index in [2.05, 4.69) is 16.0 Å². The number of amides is 4. The molecule has 10 heteroatoms. The maximum absolute atomic E-state index is 12.6. The zero-order valence-electron chi connectivity index (χ0n) is 16.5. The van der Waals surface area contributed by atoms with Gasteiger partial charge < -0.3 is 10.6 Å². The second-order valence-corrected chi connectivity index (χ2v) is 9.57. The monoisotopic (exact) mass is 422 g/mol. The number of hydrogen-bond donors (Lipinski definition) is 3. The van der Waals surface area contributed by atoms with Crippen molar-refractivity contribution in [2.45, 2.75) is 51.2 Å². The summed E-state index contributed by atoms with van der Waals surface area (Å²) in [6, 6.07) is 5.77. The number of benzene rings is 1. The molecular weight excluding hydrogens is 396 g/mol. The fraction of sp³-hybridized carbons (Fsp3) is 0.526. The van der Waals surface area contributed by atoms with Crippen LogP contribution < -0.4 is 16.0 Å². The van der Waals surface area contributed by atoms with E-state index in [1.807, 2.05) is 0 Å². The lowest BCUT2D eigenvalue weighted by Crippen LogP contribution is -2.46. The summed E-state index contributed by atoms with van der Waals surface area (Å²) < 4.78 is 26.0. The molecule has 0 aromatic heterocycles. The summed E-state index contributed by atoms with van der Waals surface area (Å²) in [5, 5.41) is 7.62. The third kappa shape index (κ3) is 4.27. The molecule has 2 atom stereocenters. The van der Waals surface area contributed by atoms with Gasteiger partial charge in [0, 0.05) is 13.1 Å². The van der Waals surface area contributed by atoms with Crippen LogP contribution in [0, 0.1) is 0 Å². The van der Waals surface area contributed by atoms with E-state index in [1.54, 1.807) is 38.1 Å². The third-order valence-electron chi connectivity index (χ3n) is 5.37. The lowest BCUT2D eigenvalue weighted by molar-refractivity contribution is -0.124. The molecule has 3 N–H and O–H groups in total. The van der Waals surface area contributed by atoms with Crippen molar-refractivity contribution in [1.29, 1.82) is 0 Å². The van der Waals surface area contributed by atoms with Crippen molar-refractivity contribution in [2.75, 3.05) is 12.3 Å². The Balaban J connectivity index is 1.62. The molecule has 3 rings (SSSR count). The van der Waals surface area contributed by atoms with E-state index in [4.69, 9.17) is 0 Å². The molecule has 2 fully saturated rings. The standard InChI is InChI=1S/C19H26N4O5S/c1-3-11-29(27,28)23-10-4-5-15(23)16(24)20-12-13-6-8-14(9-7-13)19(2)17(25)21-18(26)22-19/h6-9,15H,3-5,10-12H2,1-2H3,(H,20,24)(H2,21,22,25,26)/t15-,19-/m1/s1. The van der Waals surface area contributed by atoms with Crippen molar-refractivity contribution in [1.82, 2.24) is 20.3 Å². The maximum Gasteiger partial charge on any atom is 0.322 e. The van der Waals surface area contributed by atoms with Crippen molar-refractivity contribution >= 4 is 27.9 Å². The number of urea groups is 1. The first-order chi connectivity index (χ1) is 13.7. The number of imide groups is 1. The average Bonchev–Trinajstić information content (AvgIpc) is 3.26. The predicted molar refractivity (Wildman–Crippen MR) is 106 cm³/mol. The molecule has 0 bridgehead atoms. The minimum atomic E-state index is -3.42. The Morgan fingerprint density at radius 3 is 2.55 bits per heavy atom. The van der Waals surface area contributed by atoms with Gasteiger partial charge in [0.2, 0.25) is 15.9 Å². The maximum atomic E-state index is 12.6. The Bertz CT molecular complexity index is 915.